The van der Waals surface area contributed by atoms with Crippen molar-refractivity contribution in [2.75, 3.05) is 24.5 Å². The molecule has 142 valence electrons. The quantitative estimate of drug-likeness (QED) is 0.811. The SMILES string of the molecule is N#Cc1ccc(N2CCCC(N3CCC4(C3)OCc3ccccc34)C2=O)cc1. The van der Waals surface area contributed by atoms with E-state index in [0.717, 1.165) is 44.6 Å². The van der Waals surface area contributed by atoms with Crippen LogP contribution in [-0.4, -0.2) is 36.5 Å². The molecule has 3 aliphatic rings. The number of carbonyl (C=O) groups excluding carboxylic acids is 1. The summed E-state index contributed by atoms with van der Waals surface area (Å²) in [4.78, 5) is 17.5. The van der Waals surface area contributed by atoms with Gasteiger partial charge in [0.15, 0.2) is 0 Å². The minimum atomic E-state index is -0.256. The summed E-state index contributed by atoms with van der Waals surface area (Å²) in [6.45, 7) is 3.06. The van der Waals surface area contributed by atoms with E-state index in [9.17, 15) is 4.79 Å². The molecule has 3 aliphatic heterocycles. The predicted molar refractivity (Wildman–Crippen MR) is 106 cm³/mol. The Bertz CT molecular complexity index is 949. The van der Waals surface area contributed by atoms with E-state index in [2.05, 4.69) is 35.2 Å². The number of hydrogen-bond acceptors (Lipinski definition) is 4. The molecule has 1 spiro atoms. The van der Waals surface area contributed by atoms with Gasteiger partial charge in [-0.1, -0.05) is 24.3 Å². The van der Waals surface area contributed by atoms with Crippen molar-refractivity contribution in [3.8, 4) is 6.07 Å². The second kappa shape index (κ2) is 6.73. The lowest BCUT2D eigenvalue weighted by molar-refractivity contribution is -0.125. The number of fused-ring (bicyclic) bond motifs is 2. The molecule has 0 aliphatic carbocycles. The van der Waals surface area contributed by atoms with Gasteiger partial charge in [-0.25, -0.2) is 0 Å². The summed E-state index contributed by atoms with van der Waals surface area (Å²) in [7, 11) is 0. The predicted octanol–water partition coefficient (Wildman–Crippen LogP) is 3.19. The maximum atomic E-state index is 13.3. The lowest BCUT2D eigenvalue weighted by atomic mass is 9.91. The first-order valence-electron chi connectivity index (χ1n) is 9.98. The molecule has 2 aromatic rings. The van der Waals surface area contributed by atoms with Crippen molar-refractivity contribution in [2.45, 2.75) is 37.5 Å². The van der Waals surface area contributed by atoms with Crippen molar-refractivity contribution >= 4 is 11.6 Å². The zero-order valence-corrected chi connectivity index (χ0v) is 15.8. The van der Waals surface area contributed by atoms with Crippen LogP contribution < -0.4 is 4.90 Å². The van der Waals surface area contributed by atoms with Crippen molar-refractivity contribution < 1.29 is 9.53 Å². The maximum absolute atomic E-state index is 13.3. The summed E-state index contributed by atoms with van der Waals surface area (Å²) < 4.78 is 6.27. The first-order chi connectivity index (χ1) is 13.7. The van der Waals surface area contributed by atoms with E-state index in [4.69, 9.17) is 10.00 Å². The number of rotatable bonds is 2. The van der Waals surface area contributed by atoms with Crippen LogP contribution in [0.4, 0.5) is 5.69 Å². The maximum Gasteiger partial charge on any atom is 0.244 e. The normalized spacial score (nSPS) is 27.2. The standard InChI is InChI=1S/C23H23N3O2/c24-14-17-7-9-19(10-8-17)26-12-3-6-21(22(26)27)25-13-11-23(16-25)20-5-2-1-4-18(20)15-28-23/h1-2,4-5,7-10,21H,3,6,11-13,15-16H2. The van der Waals surface area contributed by atoms with Gasteiger partial charge in [0, 0.05) is 25.3 Å². The van der Waals surface area contributed by atoms with Gasteiger partial charge in [0.1, 0.15) is 5.60 Å². The third-order valence-electron chi connectivity index (χ3n) is 6.43. The number of ether oxygens (including phenoxy) is 1. The molecule has 0 radical (unpaired) electrons. The smallest absolute Gasteiger partial charge is 0.244 e. The Labute approximate surface area is 165 Å². The van der Waals surface area contributed by atoms with E-state index in [1.54, 1.807) is 12.1 Å². The van der Waals surface area contributed by atoms with Gasteiger partial charge in [0.25, 0.3) is 0 Å². The highest BCUT2D eigenvalue weighted by Gasteiger charge is 2.48. The topological polar surface area (TPSA) is 56.6 Å². The third-order valence-corrected chi connectivity index (χ3v) is 6.43. The number of amides is 1. The van der Waals surface area contributed by atoms with E-state index in [-0.39, 0.29) is 17.6 Å². The molecule has 1 amide bonds. The van der Waals surface area contributed by atoms with Crippen LogP contribution >= 0.6 is 0 Å². The van der Waals surface area contributed by atoms with Gasteiger partial charge in [0.2, 0.25) is 5.91 Å². The van der Waals surface area contributed by atoms with Crippen LogP contribution in [0, 0.1) is 11.3 Å². The van der Waals surface area contributed by atoms with Crippen LogP contribution in [0.25, 0.3) is 0 Å². The molecule has 2 unspecified atom stereocenters. The fraction of sp³-hybridized carbons (Fsp3) is 0.391. The van der Waals surface area contributed by atoms with E-state index in [1.807, 2.05) is 17.0 Å². The molecule has 2 aromatic carbocycles. The fourth-order valence-electron chi connectivity index (χ4n) is 4.97. The zero-order valence-electron chi connectivity index (χ0n) is 15.8. The van der Waals surface area contributed by atoms with E-state index in [1.165, 1.54) is 11.1 Å². The summed E-state index contributed by atoms with van der Waals surface area (Å²) >= 11 is 0. The highest BCUT2D eigenvalue weighted by Crippen LogP contribution is 2.44. The molecule has 3 heterocycles. The first kappa shape index (κ1) is 17.4. The summed E-state index contributed by atoms with van der Waals surface area (Å²) in [6, 6.07) is 17.8. The second-order valence-corrected chi connectivity index (χ2v) is 7.97. The molecule has 5 heteroatoms. The Kier molecular flexibility index (Phi) is 4.19. The first-order valence-corrected chi connectivity index (χ1v) is 9.98. The van der Waals surface area contributed by atoms with Gasteiger partial charge in [-0.05, 0) is 54.7 Å². The second-order valence-electron chi connectivity index (χ2n) is 7.97. The number of likely N-dealkylation sites (tertiary alicyclic amines) is 1. The molecule has 0 bridgehead atoms. The number of benzene rings is 2. The number of nitriles is 1. The number of nitrogens with zero attached hydrogens (tertiary/aromatic N) is 3. The van der Waals surface area contributed by atoms with Crippen LogP contribution in [0.5, 0.6) is 0 Å². The van der Waals surface area contributed by atoms with Crippen molar-refractivity contribution in [1.82, 2.24) is 4.90 Å². The number of piperidine rings is 1. The van der Waals surface area contributed by atoms with Gasteiger partial charge < -0.3 is 9.64 Å². The molecule has 0 saturated carbocycles. The van der Waals surface area contributed by atoms with Crippen molar-refractivity contribution in [3.05, 3.63) is 65.2 Å². The highest BCUT2D eigenvalue weighted by atomic mass is 16.5. The largest absolute Gasteiger partial charge is 0.364 e. The summed E-state index contributed by atoms with van der Waals surface area (Å²) in [5.74, 6) is 0.166. The molecule has 5 rings (SSSR count). The van der Waals surface area contributed by atoms with Crippen LogP contribution in [0.2, 0.25) is 0 Å². The van der Waals surface area contributed by atoms with E-state index < -0.39 is 0 Å². The van der Waals surface area contributed by atoms with E-state index in [0.29, 0.717) is 12.2 Å². The fourth-order valence-corrected chi connectivity index (χ4v) is 4.97. The average molecular weight is 373 g/mol. The molecule has 0 aromatic heterocycles. The number of carbonyl (C=O) groups is 1. The van der Waals surface area contributed by atoms with Crippen molar-refractivity contribution in [2.24, 2.45) is 0 Å². The van der Waals surface area contributed by atoms with Crippen molar-refractivity contribution in [1.29, 1.82) is 5.26 Å². The van der Waals surface area contributed by atoms with E-state index >= 15 is 0 Å². The molecule has 2 fully saturated rings. The summed E-state index contributed by atoms with van der Waals surface area (Å²) in [5, 5.41) is 9.00. The average Bonchev–Trinajstić information content (AvgIpc) is 3.34. The van der Waals surface area contributed by atoms with Crippen molar-refractivity contribution in [3.63, 3.8) is 0 Å². The monoisotopic (exact) mass is 373 g/mol. The van der Waals surface area contributed by atoms with Crippen LogP contribution in [0.1, 0.15) is 36.0 Å². The van der Waals surface area contributed by atoms with Gasteiger partial charge >= 0.3 is 0 Å². The molecule has 2 atom stereocenters. The minimum absolute atomic E-state index is 0.0971. The molecular weight excluding hydrogens is 350 g/mol. The van der Waals surface area contributed by atoms with Gasteiger partial charge in [-0.2, -0.15) is 5.26 Å². The van der Waals surface area contributed by atoms with Gasteiger partial charge in [-0.3, -0.25) is 9.69 Å². The van der Waals surface area contributed by atoms with Gasteiger partial charge in [0.05, 0.1) is 24.3 Å². The Morgan fingerprint density at radius 1 is 1.11 bits per heavy atom. The Balaban J connectivity index is 1.36. The number of hydrogen-bond donors (Lipinski definition) is 0. The summed E-state index contributed by atoms with van der Waals surface area (Å²) in [5.41, 5.74) is 3.81. The molecule has 28 heavy (non-hydrogen) atoms. The molecule has 0 N–H and O–H groups in total. The summed E-state index contributed by atoms with van der Waals surface area (Å²) in [6.07, 6.45) is 2.81. The van der Waals surface area contributed by atoms with Crippen LogP contribution in [0.3, 0.4) is 0 Å². The minimum Gasteiger partial charge on any atom is -0.364 e. The van der Waals surface area contributed by atoms with Gasteiger partial charge in [-0.15, -0.1) is 0 Å². The molecule has 5 nitrogen and oxygen atoms in total. The Morgan fingerprint density at radius 3 is 2.75 bits per heavy atom. The Hall–Kier alpha value is -2.68. The Morgan fingerprint density at radius 2 is 1.93 bits per heavy atom. The van der Waals surface area contributed by atoms with Crippen LogP contribution in [-0.2, 0) is 21.7 Å². The molecule has 2 saturated heterocycles. The highest BCUT2D eigenvalue weighted by molar-refractivity contribution is 5.98. The molecular formula is C23H23N3O2. The van der Waals surface area contributed by atoms with Crippen LogP contribution in [0.15, 0.2) is 48.5 Å². The lowest BCUT2D eigenvalue weighted by Gasteiger charge is -2.37. The number of anilines is 1. The zero-order chi connectivity index (χ0) is 19.1. The lowest BCUT2D eigenvalue weighted by Crippen LogP contribution is -2.52. The third kappa shape index (κ3) is 2.72.